The molecule has 96 valence electrons. The minimum atomic E-state index is -0.0361. The van der Waals surface area contributed by atoms with Gasteiger partial charge in [-0.15, -0.1) is 0 Å². The van der Waals surface area contributed by atoms with Gasteiger partial charge in [-0.05, 0) is 25.9 Å². The van der Waals surface area contributed by atoms with E-state index in [1.54, 1.807) is 17.0 Å². The standard InChI is InChI=1S/C12H22N4O/c1-4-6-16-7-5-14-11(12(16)17)15-9-10(2)8-13-3/h5,7,10,13H,4,6,8-9H2,1-3H3,(H,14,15). The van der Waals surface area contributed by atoms with Gasteiger partial charge >= 0.3 is 0 Å². The molecule has 0 aromatic carbocycles. The van der Waals surface area contributed by atoms with E-state index in [0.717, 1.165) is 26.1 Å². The fourth-order valence-electron chi connectivity index (χ4n) is 1.68. The molecule has 1 heterocycles. The van der Waals surface area contributed by atoms with Crippen LogP contribution in [-0.2, 0) is 6.54 Å². The van der Waals surface area contributed by atoms with Crippen LogP contribution in [0.25, 0.3) is 0 Å². The summed E-state index contributed by atoms with van der Waals surface area (Å²) in [6.45, 7) is 6.58. The summed E-state index contributed by atoms with van der Waals surface area (Å²) in [7, 11) is 1.92. The number of nitrogens with zero attached hydrogens (tertiary/aromatic N) is 2. The maximum absolute atomic E-state index is 12.0. The smallest absolute Gasteiger partial charge is 0.293 e. The first-order valence-corrected chi connectivity index (χ1v) is 6.13. The van der Waals surface area contributed by atoms with Crippen molar-refractivity contribution in [2.75, 3.05) is 25.5 Å². The van der Waals surface area contributed by atoms with Gasteiger partial charge in [-0.25, -0.2) is 4.98 Å². The van der Waals surface area contributed by atoms with E-state index < -0.39 is 0 Å². The summed E-state index contributed by atoms with van der Waals surface area (Å²) in [6, 6.07) is 0. The Labute approximate surface area is 102 Å². The molecule has 17 heavy (non-hydrogen) atoms. The van der Waals surface area contributed by atoms with Gasteiger partial charge in [-0.3, -0.25) is 4.79 Å². The van der Waals surface area contributed by atoms with Crippen molar-refractivity contribution >= 4 is 5.82 Å². The Bertz CT molecular complexity index is 388. The third-order valence-electron chi connectivity index (χ3n) is 2.55. The van der Waals surface area contributed by atoms with E-state index >= 15 is 0 Å². The molecule has 5 heteroatoms. The quantitative estimate of drug-likeness (QED) is 0.741. The Kier molecular flexibility index (Phi) is 5.69. The molecule has 0 aliphatic carbocycles. The monoisotopic (exact) mass is 238 g/mol. The number of hydrogen-bond acceptors (Lipinski definition) is 4. The molecule has 0 spiro atoms. The Morgan fingerprint density at radius 1 is 1.47 bits per heavy atom. The highest BCUT2D eigenvalue weighted by molar-refractivity contribution is 5.30. The van der Waals surface area contributed by atoms with E-state index in [1.807, 2.05) is 7.05 Å². The molecule has 1 rings (SSSR count). The maximum Gasteiger partial charge on any atom is 0.293 e. The number of anilines is 1. The molecule has 0 bridgehead atoms. The van der Waals surface area contributed by atoms with Crippen LogP contribution in [0.15, 0.2) is 17.2 Å². The van der Waals surface area contributed by atoms with Crippen molar-refractivity contribution in [3.8, 4) is 0 Å². The summed E-state index contributed by atoms with van der Waals surface area (Å²) < 4.78 is 1.69. The van der Waals surface area contributed by atoms with Gasteiger partial charge in [-0.1, -0.05) is 13.8 Å². The second kappa shape index (κ2) is 7.06. The van der Waals surface area contributed by atoms with Crippen molar-refractivity contribution in [2.24, 2.45) is 5.92 Å². The molecule has 1 aromatic heterocycles. The molecule has 2 N–H and O–H groups in total. The predicted molar refractivity (Wildman–Crippen MR) is 70.4 cm³/mol. The van der Waals surface area contributed by atoms with E-state index in [0.29, 0.717) is 11.7 Å². The van der Waals surface area contributed by atoms with Crippen LogP contribution in [0, 0.1) is 5.92 Å². The van der Waals surface area contributed by atoms with Gasteiger partial charge in [0, 0.05) is 25.5 Å². The summed E-state index contributed by atoms with van der Waals surface area (Å²) in [6.07, 6.45) is 4.34. The van der Waals surface area contributed by atoms with Gasteiger partial charge in [0.15, 0.2) is 5.82 Å². The van der Waals surface area contributed by atoms with Crippen LogP contribution < -0.4 is 16.2 Å². The molecule has 0 saturated heterocycles. The molecule has 1 unspecified atom stereocenters. The van der Waals surface area contributed by atoms with Gasteiger partial charge in [0.2, 0.25) is 0 Å². The lowest BCUT2D eigenvalue weighted by Crippen LogP contribution is -2.28. The lowest BCUT2D eigenvalue weighted by atomic mass is 10.2. The fourth-order valence-corrected chi connectivity index (χ4v) is 1.68. The minimum absolute atomic E-state index is 0.0361. The molecule has 0 amide bonds. The summed E-state index contributed by atoms with van der Waals surface area (Å²) in [5.41, 5.74) is -0.0361. The van der Waals surface area contributed by atoms with Crippen molar-refractivity contribution in [3.05, 3.63) is 22.7 Å². The van der Waals surface area contributed by atoms with E-state index in [4.69, 9.17) is 0 Å². The van der Waals surface area contributed by atoms with Crippen LogP contribution in [0.2, 0.25) is 0 Å². The number of hydrogen-bond donors (Lipinski definition) is 2. The molecular weight excluding hydrogens is 216 g/mol. The third-order valence-corrected chi connectivity index (χ3v) is 2.55. The second-order valence-corrected chi connectivity index (χ2v) is 4.32. The zero-order valence-electron chi connectivity index (χ0n) is 10.9. The van der Waals surface area contributed by atoms with Crippen molar-refractivity contribution in [2.45, 2.75) is 26.8 Å². The molecule has 1 aromatic rings. The first-order valence-electron chi connectivity index (χ1n) is 6.13. The van der Waals surface area contributed by atoms with Crippen LogP contribution >= 0.6 is 0 Å². The Morgan fingerprint density at radius 3 is 2.88 bits per heavy atom. The van der Waals surface area contributed by atoms with E-state index in [2.05, 4.69) is 29.5 Å². The molecule has 5 nitrogen and oxygen atoms in total. The second-order valence-electron chi connectivity index (χ2n) is 4.32. The molecule has 0 radical (unpaired) electrons. The number of aryl methyl sites for hydroxylation is 1. The molecular formula is C12H22N4O. The van der Waals surface area contributed by atoms with Crippen molar-refractivity contribution in [3.63, 3.8) is 0 Å². The van der Waals surface area contributed by atoms with Crippen LogP contribution in [0.5, 0.6) is 0 Å². The van der Waals surface area contributed by atoms with Gasteiger partial charge in [0.05, 0.1) is 0 Å². The van der Waals surface area contributed by atoms with Gasteiger partial charge in [0.25, 0.3) is 5.56 Å². The average molecular weight is 238 g/mol. The molecule has 0 saturated carbocycles. The molecule has 1 atom stereocenters. The van der Waals surface area contributed by atoms with Gasteiger partial charge < -0.3 is 15.2 Å². The highest BCUT2D eigenvalue weighted by Gasteiger charge is 2.05. The van der Waals surface area contributed by atoms with Crippen LogP contribution in [0.1, 0.15) is 20.3 Å². The van der Waals surface area contributed by atoms with E-state index in [9.17, 15) is 4.79 Å². The van der Waals surface area contributed by atoms with Gasteiger partial charge in [-0.2, -0.15) is 0 Å². The number of rotatable bonds is 7. The van der Waals surface area contributed by atoms with Gasteiger partial charge in [0.1, 0.15) is 0 Å². The van der Waals surface area contributed by atoms with Crippen molar-refractivity contribution < 1.29 is 0 Å². The van der Waals surface area contributed by atoms with Crippen molar-refractivity contribution in [1.29, 1.82) is 0 Å². The van der Waals surface area contributed by atoms with Crippen LogP contribution in [0.4, 0.5) is 5.82 Å². The Morgan fingerprint density at radius 2 is 2.24 bits per heavy atom. The zero-order valence-corrected chi connectivity index (χ0v) is 10.9. The van der Waals surface area contributed by atoms with E-state index in [-0.39, 0.29) is 5.56 Å². The van der Waals surface area contributed by atoms with Crippen molar-refractivity contribution in [1.82, 2.24) is 14.9 Å². The fraction of sp³-hybridized carbons (Fsp3) is 0.667. The lowest BCUT2D eigenvalue weighted by molar-refractivity contribution is 0.567. The zero-order chi connectivity index (χ0) is 12.7. The first-order chi connectivity index (χ1) is 8.19. The predicted octanol–water partition coefficient (Wildman–Crippen LogP) is 0.921. The Balaban J connectivity index is 2.65. The topological polar surface area (TPSA) is 59.0 Å². The summed E-state index contributed by atoms with van der Waals surface area (Å²) in [5, 5.41) is 6.22. The highest BCUT2D eigenvalue weighted by Crippen LogP contribution is 1.97. The third kappa shape index (κ3) is 4.19. The maximum atomic E-state index is 12.0. The minimum Gasteiger partial charge on any atom is -0.365 e. The average Bonchev–Trinajstić information content (AvgIpc) is 2.31. The number of aromatic nitrogens is 2. The Hall–Kier alpha value is -1.36. The van der Waals surface area contributed by atoms with E-state index in [1.165, 1.54) is 0 Å². The highest BCUT2D eigenvalue weighted by atomic mass is 16.1. The lowest BCUT2D eigenvalue weighted by Gasteiger charge is -2.12. The molecule has 0 aliphatic rings. The molecule has 0 fully saturated rings. The number of nitrogens with one attached hydrogen (secondary N) is 2. The first kappa shape index (κ1) is 13.7. The van der Waals surface area contributed by atoms with Crippen LogP contribution in [0.3, 0.4) is 0 Å². The summed E-state index contributed by atoms with van der Waals surface area (Å²) >= 11 is 0. The summed E-state index contributed by atoms with van der Waals surface area (Å²) in [4.78, 5) is 16.0. The van der Waals surface area contributed by atoms with Crippen LogP contribution in [-0.4, -0.2) is 29.7 Å². The largest absolute Gasteiger partial charge is 0.365 e. The molecule has 0 aliphatic heterocycles. The summed E-state index contributed by atoms with van der Waals surface area (Å²) in [5.74, 6) is 0.907. The normalized spacial score (nSPS) is 12.4. The SMILES string of the molecule is CCCn1ccnc(NCC(C)CNC)c1=O.